The third-order valence-electron chi connectivity index (χ3n) is 5.31. The van der Waals surface area contributed by atoms with Crippen LogP contribution >= 0.6 is 11.3 Å². The maximum absolute atomic E-state index is 9.22. The van der Waals surface area contributed by atoms with Crippen LogP contribution in [-0.2, 0) is 0 Å². The van der Waals surface area contributed by atoms with E-state index in [4.69, 9.17) is 0 Å². The number of hydrogen-bond donors (Lipinski definition) is 1. The van der Waals surface area contributed by atoms with Gasteiger partial charge in [0.2, 0.25) is 0 Å². The first-order valence-electron chi connectivity index (χ1n) is 9.15. The van der Waals surface area contributed by atoms with Gasteiger partial charge in [-0.15, -0.1) is 11.3 Å². The second-order valence-corrected chi connectivity index (χ2v) is 8.27. The van der Waals surface area contributed by atoms with Gasteiger partial charge in [-0.1, -0.05) is 12.1 Å². The van der Waals surface area contributed by atoms with E-state index in [1.54, 1.807) is 11.3 Å². The number of H-pyrrole nitrogens is 1. The van der Waals surface area contributed by atoms with Gasteiger partial charge in [0.1, 0.15) is 5.65 Å². The number of nitrogens with one attached hydrogen (secondary N) is 1. The van der Waals surface area contributed by atoms with Crippen LogP contribution in [0.4, 0.5) is 0 Å². The number of thiazole rings is 1. The molecule has 27 heavy (non-hydrogen) atoms. The highest BCUT2D eigenvalue weighted by molar-refractivity contribution is 7.18. The van der Waals surface area contributed by atoms with Gasteiger partial charge in [-0.3, -0.25) is 0 Å². The molecular formula is C22H18N4S. The van der Waals surface area contributed by atoms with Crippen LogP contribution in [0, 0.1) is 24.2 Å². The van der Waals surface area contributed by atoms with Crippen LogP contribution < -0.4 is 0 Å². The zero-order chi connectivity index (χ0) is 18.4. The van der Waals surface area contributed by atoms with Crippen LogP contribution in [0.2, 0.25) is 0 Å². The van der Waals surface area contributed by atoms with Crippen molar-refractivity contribution >= 4 is 38.2 Å². The van der Waals surface area contributed by atoms with Gasteiger partial charge >= 0.3 is 0 Å². The molecule has 0 saturated heterocycles. The zero-order valence-corrected chi connectivity index (χ0v) is 15.8. The second-order valence-electron chi connectivity index (χ2n) is 7.03. The molecule has 1 aromatic carbocycles. The molecule has 1 aliphatic carbocycles. The molecule has 5 heteroatoms. The van der Waals surface area contributed by atoms with E-state index in [1.807, 2.05) is 19.3 Å². The molecule has 0 radical (unpaired) electrons. The van der Waals surface area contributed by atoms with Gasteiger partial charge in [-0.25, -0.2) is 9.97 Å². The summed E-state index contributed by atoms with van der Waals surface area (Å²) in [6.07, 6.45) is 8.84. The lowest BCUT2D eigenvalue weighted by Crippen LogP contribution is -2.04. The van der Waals surface area contributed by atoms with E-state index in [0.29, 0.717) is 0 Å². The lowest BCUT2D eigenvalue weighted by molar-refractivity contribution is 0.605. The largest absolute Gasteiger partial charge is 0.346 e. The van der Waals surface area contributed by atoms with Gasteiger partial charge in [0, 0.05) is 23.3 Å². The summed E-state index contributed by atoms with van der Waals surface area (Å²) in [7, 11) is 0. The third-order valence-corrected chi connectivity index (χ3v) is 6.24. The first-order valence-corrected chi connectivity index (χ1v) is 9.97. The standard InChI is InChI=1S/C22H18N4S/c1-13-26-19-7-6-16(10-20(19)27-13)18-12-25-22-17(8-9-24-22)21(18)15-4-2-14(11-23)3-5-15/h4,6-10,12,14H,2-3,5H2,1H3,(H,24,25). The third kappa shape index (κ3) is 2.73. The van der Waals surface area contributed by atoms with Gasteiger partial charge in [-0.05, 0) is 61.1 Å². The number of fused-ring (bicyclic) bond motifs is 2. The Balaban J connectivity index is 1.72. The van der Waals surface area contributed by atoms with Crippen LogP contribution in [-0.4, -0.2) is 15.0 Å². The van der Waals surface area contributed by atoms with E-state index in [9.17, 15) is 5.26 Å². The van der Waals surface area contributed by atoms with E-state index in [1.165, 1.54) is 21.4 Å². The van der Waals surface area contributed by atoms with Crippen LogP contribution in [0.15, 0.2) is 42.7 Å². The highest BCUT2D eigenvalue weighted by Crippen LogP contribution is 2.40. The number of allylic oxidation sites excluding steroid dienone is 2. The number of hydrogen-bond acceptors (Lipinski definition) is 4. The van der Waals surface area contributed by atoms with Crippen molar-refractivity contribution in [1.29, 1.82) is 5.26 Å². The Kier molecular flexibility index (Phi) is 3.80. The molecule has 0 saturated carbocycles. The lowest BCUT2D eigenvalue weighted by atomic mass is 9.84. The summed E-state index contributed by atoms with van der Waals surface area (Å²) < 4.78 is 1.20. The smallest absolute Gasteiger partial charge is 0.137 e. The van der Waals surface area contributed by atoms with Crippen LogP contribution in [0.25, 0.3) is 38.0 Å². The van der Waals surface area contributed by atoms with Gasteiger partial charge in [0.25, 0.3) is 0 Å². The molecule has 1 aliphatic rings. The van der Waals surface area contributed by atoms with E-state index in [-0.39, 0.29) is 5.92 Å². The quantitative estimate of drug-likeness (QED) is 0.481. The van der Waals surface area contributed by atoms with Crippen molar-refractivity contribution in [1.82, 2.24) is 15.0 Å². The Bertz CT molecular complexity index is 1240. The highest BCUT2D eigenvalue weighted by Gasteiger charge is 2.20. The minimum Gasteiger partial charge on any atom is -0.346 e. The molecule has 0 fully saturated rings. The van der Waals surface area contributed by atoms with Crippen LogP contribution in [0.5, 0.6) is 0 Å². The molecule has 0 spiro atoms. The fourth-order valence-corrected chi connectivity index (χ4v) is 4.82. The number of benzene rings is 1. The fraction of sp³-hybridized carbons (Fsp3) is 0.227. The molecule has 3 aromatic heterocycles. The van der Waals surface area contributed by atoms with Crippen LogP contribution in [0.3, 0.4) is 0 Å². The number of aromatic amines is 1. The van der Waals surface area contributed by atoms with Crippen molar-refractivity contribution < 1.29 is 0 Å². The molecule has 0 bridgehead atoms. The minimum atomic E-state index is 0.136. The fourth-order valence-electron chi connectivity index (χ4n) is 3.96. The summed E-state index contributed by atoms with van der Waals surface area (Å²) in [6.45, 7) is 2.04. The van der Waals surface area contributed by atoms with E-state index < -0.39 is 0 Å². The molecule has 0 amide bonds. The van der Waals surface area contributed by atoms with Crippen molar-refractivity contribution in [3.05, 3.63) is 53.3 Å². The number of rotatable bonds is 2. The number of pyridine rings is 1. The molecule has 5 rings (SSSR count). The molecule has 1 unspecified atom stereocenters. The molecule has 4 nitrogen and oxygen atoms in total. The highest BCUT2D eigenvalue weighted by atomic mass is 32.1. The summed E-state index contributed by atoms with van der Waals surface area (Å²) in [5.74, 6) is 0.136. The molecule has 3 heterocycles. The Morgan fingerprint density at radius 3 is 3.04 bits per heavy atom. The van der Waals surface area contributed by atoms with Crippen molar-refractivity contribution in [2.24, 2.45) is 5.92 Å². The Hall–Kier alpha value is -2.97. The van der Waals surface area contributed by atoms with Crippen molar-refractivity contribution in [3.63, 3.8) is 0 Å². The summed E-state index contributed by atoms with van der Waals surface area (Å²) in [4.78, 5) is 12.4. The van der Waals surface area contributed by atoms with Crippen molar-refractivity contribution in [3.8, 4) is 17.2 Å². The van der Waals surface area contributed by atoms with Gasteiger partial charge in [0.05, 0.1) is 27.2 Å². The normalized spacial score (nSPS) is 17.2. The second kappa shape index (κ2) is 6.33. The molecule has 132 valence electrons. The monoisotopic (exact) mass is 370 g/mol. The first kappa shape index (κ1) is 16.2. The summed E-state index contributed by atoms with van der Waals surface area (Å²) in [6, 6.07) is 11.0. The van der Waals surface area contributed by atoms with Crippen molar-refractivity contribution in [2.45, 2.75) is 26.2 Å². The van der Waals surface area contributed by atoms with Gasteiger partial charge in [0.15, 0.2) is 0 Å². The Morgan fingerprint density at radius 1 is 1.30 bits per heavy atom. The molecular weight excluding hydrogens is 352 g/mol. The van der Waals surface area contributed by atoms with Crippen molar-refractivity contribution in [2.75, 3.05) is 0 Å². The average molecular weight is 370 g/mol. The molecule has 4 aromatic rings. The molecule has 1 atom stereocenters. The summed E-state index contributed by atoms with van der Waals surface area (Å²) >= 11 is 1.72. The molecule has 0 aliphatic heterocycles. The van der Waals surface area contributed by atoms with Crippen LogP contribution in [0.1, 0.15) is 29.8 Å². The van der Waals surface area contributed by atoms with E-state index in [0.717, 1.165) is 46.4 Å². The SMILES string of the molecule is Cc1nc2ccc(-c3cnc4[nH]ccc4c3C3=CCC(C#N)CC3)cc2s1. The summed E-state index contributed by atoms with van der Waals surface area (Å²) in [5.41, 5.74) is 6.85. The number of nitrogens with zero attached hydrogens (tertiary/aromatic N) is 3. The summed E-state index contributed by atoms with van der Waals surface area (Å²) in [5, 5.41) is 11.5. The van der Waals surface area contributed by atoms with E-state index in [2.05, 4.69) is 51.4 Å². The predicted molar refractivity (Wildman–Crippen MR) is 110 cm³/mol. The predicted octanol–water partition coefficient (Wildman–Crippen LogP) is 5.86. The maximum Gasteiger partial charge on any atom is 0.137 e. The molecule has 1 N–H and O–H groups in total. The van der Waals surface area contributed by atoms with E-state index >= 15 is 0 Å². The Morgan fingerprint density at radius 2 is 2.22 bits per heavy atom. The minimum absolute atomic E-state index is 0.136. The number of nitriles is 1. The topological polar surface area (TPSA) is 65.4 Å². The average Bonchev–Trinajstić information content (AvgIpc) is 3.31. The number of aryl methyl sites for hydroxylation is 1. The maximum atomic E-state index is 9.22. The zero-order valence-electron chi connectivity index (χ0n) is 15.0. The Labute approximate surface area is 161 Å². The lowest BCUT2D eigenvalue weighted by Gasteiger charge is -2.20. The number of aromatic nitrogens is 3. The van der Waals surface area contributed by atoms with Gasteiger partial charge in [-0.2, -0.15) is 5.26 Å². The van der Waals surface area contributed by atoms with Gasteiger partial charge < -0.3 is 4.98 Å². The first-order chi connectivity index (χ1) is 13.2.